The molecule has 1 N–H and O–H groups in total. The molecule has 0 aromatic rings. The van der Waals surface area contributed by atoms with Crippen molar-refractivity contribution in [1.82, 2.24) is 5.32 Å². The maximum absolute atomic E-state index is 11.1. The number of rotatable bonds is 3. The van der Waals surface area contributed by atoms with Crippen LogP contribution in [0, 0.1) is 11.8 Å². The molecule has 0 bridgehead atoms. The number of amides is 1. The lowest BCUT2D eigenvalue weighted by molar-refractivity contribution is -0.122. The molecular weight excluding hydrogens is 162 g/mol. The van der Waals surface area contributed by atoms with Gasteiger partial charge < -0.3 is 5.32 Å². The Morgan fingerprint density at radius 3 is 2.73 bits per heavy atom. The first-order valence-electron chi connectivity index (χ1n) is 3.72. The van der Waals surface area contributed by atoms with Crippen LogP contribution in [0.4, 0.5) is 0 Å². The molecule has 62 valence electrons. The van der Waals surface area contributed by atoms with Crippen molar-refractivity contribution in [3.05, 3.63) is 11.6 Å². The maximum Gasteiger partial charge on any atom is 0.223 e. The van der Waals surface area contributed by atoms with Crippen molar-refractivity contribution < 1.29 is 4.79 Å². The number of carbonyl (C=O) groups excluding carboxylic acids is 1. The third-order valence-electron chi connectivity index (χ3n) is 1.90. The smallest absolute Gasteiger partial charge is 0.223 e. The van der Waals surface area contributed by atoms with Crippen LogP contribution in [0.2, 0.25) is 0 Å². The molecule has 0 aliphatic heterocycles. The van der Waals surface area contributed by atoms with E-state index in [1.54, 1.807) is 0 Å². The minimum Gasteiger partial charge on any atom is -0.351 e. The summed E-state index contributed by atoms with van der Waals surface area (Å²) in [5.41, 5.74) is 0. The molecule has 0 aromatic carbocycles. The van der Waals surface area contributed by atoms with E-state index in [-0.39, 0.29) is 11.8 Å². The fourth-order valence-electron chi connectivity index (χ4n) is 1.00. The Hall–Kier alpha value is -0.500. The molecule has 1 amide bonds. The van der Waals surface area contributed by atoms with Crippen LogP contribution >= 0.6 is 11.6 Å². The summed E-state index contributed by atoms with van der Waals surface area (Å²) in [6, 6.07) is 0. The minimum atomic E-state index is 0.110. The highest BCUT2D eigenvalue weighted by molar-refractivity contribution is 6.29. The molecule has 2 nitrogen and oxygen atoms in total. The molecule has 2 atom stereocenters. The molecule has 0 spiro atoms. The van der Waals surface area contributed by atoms with Crippen LogP contribution in [0.3, 0.4) is 0 Å². The van der Waals surface area contributed by atoms with E-state index >= 15 is 0 Å². The van der Waals surface area contributed by atoms with Crippen LogP contribution in [0.25, 0.3) is 0 Å². The summed E-state index contributed by atoms with van der Waals surface area (Å²) in [5, 5.41) is 3.18. The van der Waals surface area contributed by atoms with Gasteiger partial charge in [-0.05, 0) is 12.3 Å². The van der Waals surface area contributed by atoms with Gasteiger partial charge in [0.05, 0.1) is 6.54 Å². The van der Waals surface area contributed by atoms with Crippen LogP contribution in [-0.4, -0.2) is 12.5 Å². The summed E-state index contributed by atoms with van der Waals surface area (Å²) in [5.74, 6) is 0.893. The predicted octanol–water partition coefficient (Wildman–Crippen LogP) is 1.51. The molecule has 1 rings (SSSR count). The van der Waals surface area contributed by atoms with Crippen LogP contribution in [0.1, 0.15) is 13.3 Å². The topological polar surface area (TPSA) is 29.1 Å². The van der Waals surface area contributed by atoms with Crippen molar-refractivity contribution in [1.29, 1.82) is 0 Å². The van der Waals surface area contributed by atoms with E-state index in [1.807, 2.05) is 0 Å². The molecule has 11 heavy (non-hydrogen) atoms. The van der Waals surface area contributed by atoms with E-state index < -0.39 is 0 Å². The molecule has 2 unspecified atom stereocenters. The van der Waals surface area contributed by atoms with Crippen molar-refractivity contribution in [2.45, 2.75) is 13.3 Å². The van der Waals surface area contributed by atoms with Gasteiger partial charge in [0.15, 0.2) is 0 Å². The van der Waals surface area contributed by atoms with Gasteiger partial charge in [-0.1, -0.05) is 25.1 Å². The summed E-state index contributed by atoms with van der Waals surface area (Å²) in [6.45, 7) is 5.94. The highest BCUT2D eigenvalue weighted by Crippen LogP contribution is 2.37. The largest absolute Gasteiger partial charge is 0.351 e. The SMILES string of the molecule is C=C(Cl)CNC(=O)C1CC1C. The number of hydrogen-bond acceptors (Lipinski definition) is 1. The Balaban J connectivity index is 2.17. The predicted molar refractivity (Wildman–Crippen MR) is 45.3 cm³/mol. The first-order chi connectivity index (χ1) is 5.11. The standard InChI is InChI=1S/C8H12ClNO/c1-5-3-7(5)8(11)10-4-6(2)9/h5,7H,2-4H2,1H3,(H,10,11). The maximum atomic E-state index is 11.1. The summed E-state index contributed by atoms with van der Waals surface area (Å²) in [4.78, 5) is 11.1. The normalized spacial score (nSPS) is 27.8. The van der Waals surface area contributed by atoms with E-state index in [0.717, 1.165) is 6.42 Å². The highest BCUT2D eigenvalue weighted by atomic mass is 35.5. The van der Waals surface area contributed by atoms with Crippen LogP contribution in [0.5, 0.6) is 0 Å². The van der Waals surface area contributed by atoms with Crippen LogP contribution in [0.15, 0.2) is 11.6 Å². The molecule has 1 aliphatic carbocycles. The van der Waals surface area contributed by atoms with Crippen molar-refractivity contribution in [2.24, 2.45) is 11.8 Å². The third-order valence-corrected chi connectivity index (χ3v) is 2.03. The van der Waals surface area contributed by atoms with Gasteiger partial charge in [0.1, 0.15) is 0 Å². The lowest BCUT2D eigenvalue weighted by Crippen LogP contribution is -2.26. The summed E-state index contributed by atoms with van der Waals surface area (Å²) < 4.78 is 0. The number of carbonyl (C=O) groups is 1. The Morgan fingerprint density at radius 2 is 2.36 bits per heavy atom. The quantitative estimate of drug-likeness (QED) is 0.689. The molecule has 0 heterocycles. The summed E-state index contributed by atoms with van der Waals surface area (Å²) in [7, 11) is 0. The van der Waals surface area contributed by atoms with Crippen molar-refractivity contribution in [3.63, 3.8) is 0 Å². The monoisotopic (exact) mass is 173 g/mol. The Kier molecular flexibility index (Phi) is 2.55. The zero-order valence-corrected chi connectivity index (χ0v) is 7.32. The van der Waals surface area contributed by atoms with Gasteiger partial charge in [-0.15, -0.1) is 0 Å². The third kappa shape index (κ3) is 2.54. The first-order valence-corrected chi connectivity index (χ1v) is 4.10. The van der Waals surface area contributed by atoms with Crippen molar-refractivity contribution in [3.8, 4) is 0 Å². The Labute approximate surface area is 71.6 Å². The Bertz CT molecular complexity index is 191. The molecule has 1 saturated carbocycles. The fraction of sp³-hybridized carbons (Fsp3) is 0.625. The van der Waals surface area contributed by atoms with Crippen molar-refractivity contribution in [2.75, 3.05) is 6.54 Å². The molecule has 0 aromatic heterocycles. The van der Waals surface area contributed by atoms with Crippen LogP contribution in [-0.2, 0) is 4.79 Å². The zero-order chi connectivity index (χ0) is 8.43. The van der Waals surface area contributed by atoms with E-state index in [1.165, 1.54) is 0 Å². The average Bonchev–Trinajstić information content (AvgIpc) is 2.61. The molecular formula is C8H12ClNO. The van der Waals surface area contributed by atoms with E-state index in [9.17, 15) is 4.79 Å². The second-order valence-electron chi connectivity index (χ2n) is 3.05. The zero-order valence-electron chi connectivity index (χ0n) is 6.56. The highest BCUT2D eigenvalue weighted by Gasteiger charge is 2.38. The molecule has 0 radical (unpaired) electrons. The van der Waals surface area contributed by atoms with E-state index in [4.69, 9.17) is 11.6 Å². The second-order valence-corrected chi connectivity index (χ2v) is 3.59. The fourth-order valence-corrected chi connectivity index (χ4v) is 1.07. The summed E-state index contributed by atoms with van der Waals surface area (Å²) >= 11 is 5.47. The van der Waals surface area contributed by atoms with E-state index in [2.05, 4.69) is 18.8 Å². The average molecular weight is 174 g/mol. The summed E-state index contributed by atoms with van der Waals surface area (Å²) in [6.07, 6.45) is 1.01. The van der Waals surface area contributed by atoms with Gasteiger partial charge in [-0.3, -0.25) is 4.79 Å². The molecule has 3 heteroatoms. The van der Waals surface area contributed by atoms with Gasteiger partial charge in [-0.25, -0.2) is 0 Å². The molecule has 0 saturated heterocycles. The minimum absolute atomic E-state index is 0.110. The first kappa shape index (κ1) is 8.60. The molecule has 1 fully saturated rings. The van der Waals surface area contributed by atoms with Gasteiger partial charge in [-0.2, -0.15) is 0 Å². The number of halogens is 1. The van der Waals surface area contributed by atoms with Crippen LogP contribution < -0.4 is 5.32 Å². The van der Waals surface area contributed by atoms with Gasteiger partial charge in [0.25, 0.3) is 0 Å². The van der Waals surface area contributed by atoms with Gasteiger partial charge in [0.2, 0.25) is 5.91 Å². The number of hydrogen-bond donors (Lipinski definition) is 1. The lowest BCUT2D eigenvalue weighted by atomic mass is 10.3. The lowest BCUT2D eigenvalue weighted by Gasteiger charge is -2.00. The van der Waals surface area contributed by atoms with E-state index in [0.29, 0.717) is 17.5 Å². The van der Waals surface area contributed by atoms with Crippen molar-refractivity contribution >= 4 is 17.5 Å². The van der Waals surface area contributed by atoms with Gasteiger partial charge in [0, 0.05) is 11.0 Å². The second kappa shape index (κ2) is 3.26. The van der Waals surface area contributed by atoms with Gasteiger partial charge >= 0.3 is 0 Å². The molecule has 1 aliphatic rings. The number of nitrogens with one attached hydrogen (secondary N) is 1. The Morgan fingerprint density at radius 1 is 1.82 bits per heavy atom.